The zero-order valence-corrected chi connectivity index (χ0v) is 30.2. The standard InChI is InChI=1S/C31H51FN2O22/c1-8-17(41)20(44)21(45)28(50-8)54-25-16(34-10(3)38)27(47)51-14(7-36)23(25)53-29-22(46)26(19(43)13(5-32)52-29)56-31(30(48)49)4-11(39)15(33-9(2)37)24(55-31)18(42)12(40)6-35/h8,11-29,35-36,39-47H,4-7H2,1-3H3,(H,33,37)(H,34,38)(H,48,49)/t8-,11-,12+,13+,14+,15+,16+,17+,18+,19-,20+,21-,22+,23+,24+,25+,26-,27+,28-,29-,31-/m0/s1. The van der Waals surface area contributed by atoms with E-state index in [0.717, 1.165) is 13.8 Å². The van der Waals surface area contributed by atoms with Crippen LogP contribution in [0.5, 0.6) is 0 Å². The summed E-state index contributed by atoms with van der Waals surface area (Å²) in [5.41, 5.74) is 0. The van der Waals surface area contributed by atoms with E-state index in [0.29, 0.717) is 0 Å². The fraction of sp³-hybridized carbons (Fsp3) is 0.903. The monoisotopic (exact) mass is 822 g/mol. The Balaban J connectivity index is 1.71. The minimum Gasteiger partial charge on any atom is -0.477 e. The minimum atomic E-state index is -3.16. The summed E-state index contributed by atoms with van der Waals surface area (Å²) in [6.45, 7) is -0.294. The smallest absolute Gasteiger partial charge is 0.364 e. The molecule has 0 aliphatic carbocycles. The van der Waals surface area contributed by atoms with E-state index in [9.17, 15) is 80.1 Å². The van der Waals surface area contributed by atoms with Gasteiger partial charge in [0.1, 0.15) is 92.1 Å². The number of rotatable bonds is 14. The molecule has 24 nitrogen and oxygen atoms in total. The first kappa shape index (κ1) is 46.3. The topological polar surface area (TPSA) is 383 Å². The highest BCUT2D eigenvalue weighted by Gasteiger charge is 2.60. The molecule has 324 valence electrons. The van der Waals surface area contributed by atoms with Gasteiger partial charge in [-0.05, 0) is 6.92 Å². The number of aliphatic carboxylic acids is 1. The molecule has 56 heavy (non-hydrogen) atoms. The number of ether oxygens (including phenoxy) is 7. The molecular formula is C31H51FN2O22. The number of nitrogens with one attached hydrogen (secondary N) is 2. The Kier molecular flexibility index (Phi) is 15.8. The summed E-state index contributed by atoms with van der Waals surface area (Å²) in [7, 11) is 0. The van der Waals surface area contributed by atoms with Crippen LogP contribution in [-0.2, 0) is 47.5 Å². The van der Waals surface area contributed by atoms with Gasteiger partial charge >= 0.3 is 5.97 Å². The predicted molar refractivity (Wildman–Crippen MR) is 172 cm³/mol. The number of hydrogen-bond acceptors (Lipinski definition) is 21. The SMILES string of the molecule is CC(=O)N[C@@H]1[C@@H](O[C@@H]2O[C@@H](C)[C@@H](O)[C@@H](O)[C@@H]2O)[C@H](O[C@@H]2O[C@H](CF)[C@H](O)[C@H](O[C@]3(C(=O)O)C[C@H](O)[C@@H](NC(C)=O)[C@H]([C@H](O)[C@H](O)CO)O3)[C@H]2O)[C@@H](CO)O[C@H]1O. The third-order valence-electron chi connectivity index (χ3n) is 9.91. The molecule has 0 aromatic heterocycles. The second-order valence-electron chi connectivity index (χ2n) is 14.0. The van der Waals surface area contributed by atoms with E-state index in [-0.39, 0.29) is 0 Å². The summed E-state index contributed by atoms with van der Waals surface area (Å²) in [5.74, 6) is -6.79. The molecule has 2 amide bonds. The number of alkyl halides is 1. The van der Waals surface area contributed by atoms with Crippen LogP contribution in [0.15, 0.2) is 0 Å². The van der Waals surface area contributed by atoms with Crippen LogP contribution in [0.3, 0.4) is 0 Å². The first-order chi connectivity index (χ1) is 26.2. The first-order valence-corrected chi connectivity index (χ1v) is 17.5. The average molecular weight is 823 g/mol. The van der Waals surface area contributed by atoms with Crippen molar-refractivity contribution in [2.45, 2.75) is 155 Å². The molecule has 4 heterocycles. The average Bonchev–Trinajstić information content (AvgIpc) is 3.14. The third kappa shape index (κ3) is 9.73. The van der Waals surface area contributed by atoms with Gasteiger partial charge in [0, 0.05) is 20.3 Å². The van der Waals surface area contributed by atoms with Crippen molar-refractivity contribution in [2.75, 3.05) is 19.9 Å². The van der Waals surface area contributed by atoms with Crippen molar-refractivity contribution >= 4 is 17.8 Å². The largest absolute Gasteiger partial charge is 0.477 e. The highest BCUT2D eigenvalue weighted by molar-refractivity contribution is 5.76. The van der Waals surface area contributed by atoms with Gasteiger partial charge in [-0.2, -0.15) is 0 Å². The van der Waals surface area contributed by atoms with Crippen molar-refractivity contribution in [1.29, 1.82) is 0 Å². The van der Waals surface area contributed by atoms with Crippen molar-refractivity contribution in [3.05, 3.63) is 0 Å². The second kappa shape index (κ2) is 19.1. The Morgan fingerprint density at radius 1 is 0.786 bits per heavy atom. The molecule has 14 N–H and O–H groups in total. The predicted octanol–water partition coefficient (Wildman–Crippen LogP) is -8.25. The number of carboxylic acid groups (broad SMARTS) is 1. The quantitative estimate of drug-likeness (QED) is 0.0773. The first-order valence-electron chi connectivity index (χ1n) is 17.5. The minimum absolute atomic E-state index is 0.784. The van der Waals surface area contributed by atoms with Gasteiger partial charge in [-0.1, -0.05) is 0 Å². The van der Waals surface area contributed by atoms with E-state index in [2.05, 4.69) is 10.6 Å². The number of carboxylic acids is 1. The fourth-order valence-electron chi connectivity index (χ4n) is 6.97. The van der Waals surface area contributed by atoms with Gasteiger partial charge in [0.05, 0.1) is 31.5 Å². The van der Waals surface area contributed by atoms with E-state index in [4.69, 9.17) is 33.2 Å². The molecule has 0 unspecified atom stereocenters. The Bertz CT molecular complexity index is 1340. The van der Waals surface area contributed by atoms with E-state index >= 15 is 0 Å². The van der Waals surface area contributed by atoms with E-state index < -0.39 is 172 Å². The summed E-state index contributed by atoms with van der Waals surface area (Å²) in [5, 5.41) is 131. The number of aliphatic hydroxyl groups is 11. The lowest BCUT2D eigenvalue weighted by atomic mass is 9.88. The number of aliphatic hydroxyl groups excluding tert-OH is 11. The van der Waals surface area contributed by atoms with Gasteiger partial charge in [-0.3, -0.25) is 9.59 Å². The summed E-state index contributed by atoms with van der Waals surface area (Å²) < 4.78 is 53.8. The van der Waals surface area contributed by atoms with Crippen molar-refractivity contribution in [2.24, 2.45) is 0 Å². The molecule has 25 heteroatoms. The van der Waals surface area contributed by atoms with Crippen LogP contribution < -0.4 is 10.6 Å². The Morgan fingerprint density at radius 3 is 1.93 bits per heavy atom. The molecule has 0 aromatic rings. The molecule has 4 fully saturated rings. The summed E-state index contributed by atoms with van der Waals surface area (Å²) in [4.78, 5) is 36.9. The second-order valence-corrected chi connectivity index (χ2v) is 14.0. The summed E-state index contributed by atoms with van der Waals surface area (Å²) in [6, 6.07) is -3.27. The van der Waals surface area contributed by atoms with Gasteiger partial charge in [0.15, 0.2) is 18.9 Å². The molecule has 0 saturated carbocycles. The molecule has 0 radical (unpaired) electrons. The normalized spacial score (nSPS) is 45.7. The van der Waals surface area contributed by atoms with Crippen molar-refractivity contribution in [1.82, 2.24) is 10.6 Å². The molecule has 0 spiro atoms. The van der Waals surface area contributed by atoms with Crippen LogP contribution in [0.4, 0.5) is 4.39 Å². The van der Waals surface area contributed by atoms with Crippen molar-refractivity contribution in [3.8, 4) is 0 Å². The number of hydrogen-bond donors (Lipinski definition) is 14. The zero-order valence-electron chi connectivity index (χ0n) is 30.2. The lowest BCUT2D eigenvalue weighted by Crippen LogP contribution is -2.71. The van der Waals surface area contributed by atoms with Crippen LogP contribution in [0, 0.1) is 0 Å². The molecule has 0 bridgehead atoms. The van der Waals surface area contributed by atoms with Crippen LogP contribution in [0.2, 0.25) is 0 Å². The number of amides is 2. The lowest BCUT2D eigenvalue weighted by Gasteiger charge is -2.51. The van der Waals surface area contributed by atoms with E-state index in [1.807, 2.05) is 0 Å². The van der Waals surface area contributed by atoms with E-state index in [1.54, 1.807) is 0 Å². The summed E-state index contributed by atoms with van der Waals surface area (Å²) >= 11 is 0. The molecule has 4 rings (SSSR count). The Labute approximate surface area is 317 Å². The third-order valence-corrected chi connectivity index (χ3v) is 9.91. The molecule has 0 aromatic carbocycles. The van der Waals surface area contributed by atoms with Gasteiger partial charge in [0.2, 0.25) is 11.8 Å². The molecular weight excluding hydrogens is 771 g/mol. The number of carbonyl (C=O) groups excluding carboxylic acids is 2. The van der Waals surface area contributed by atoms with Gasteiger partial charge < -0.3 is 105 Å². The Hall–Kier alpha value is -2.38. The maximum absolute atomic E-state index is 14.4. The zero-order chi connectivity index (χ0) is 42.0. The maximum Gasteiger partial charge on any atom is 0.364 e. The number of carbonyl (C=O) groups is 3. The van der Waals surface area contributed by atoms with Crippen LogP contribution in [-0.4, -0.2) is 227 Å². The lowest BCUT2D eigenvalue weighted by molar-refractivity contribution is -0.389. The van der Waals surface area contributed by atoms with Crippen molar-refractivity contribution in [3.63, 3.8) is 0 Å². The molecule has 21 atom stereocenters. The maximum atomic E-state index is 14.4. The van der Waals surface area contributed by atoms with Crippen LogP contribution >= 0.6 is 0 Å². The van der Waals surface area contributed by atoms with Crippen LogP contribution in [0.25, 0.3) is 0 Å². The molecule has 4 saturated heterocycles. The molecule has 4 aliphatic rings. The van der Waals surface area contributed by atoms with Gasteiger partial charge in [0.25, 0.3) is 5.79 Å². The van der Waals surface area contributed by atoms with Crippen LogP contribution in [0.1, 0.15) is 27.2 Å². The number of halogens is 1. The molecule has 4 aliphatic heterocycles. The van der Waals surface area contributed by atoms with E-state index in [1.165, 1.54) is 6.92 Å². The fourth-order valence-corrected chi connectivity index (χ4v) is 6.97. The van der Waals surface area contributed by atoms with Gasteiger partial charge in [-0.15, -0.1) is 0 Å². The highest BCUT2D eigenvalue weighted by Crippen LogP contribution is 2.39. The van der Waals surface area contributed by atoms with Gasteiger partial charge in [-0.25, -0.2) is 9.18 Å². The highest BCUT2D eigenvalue weighted by atomic mass is 19.1. The summed E-state index contributed by atoms with van der Waals surface area (Å²) in [6.07, 6.45) is -36.0. The Morgan fingerprint density at radius 2 is 1.38 bits per heavy atom. The van der Waals surface area contributed by atoms with Crippen molar-refractivity contribution < 1.29 is 113 Å².